The van der Waals surface area contributed by atoms with E-state index in [1.165, 1.54) is 11.3 Å². The van der Waals surface area contributed by atoms with Gasteiger partial charge in [-0.05, 0) is 61.4 Å². The summed E-state index contributed by atoms with van der Waals surface area (Å²) < 4.78 is 71.2. The number of halogens is 3. The molecule has 0 spiro atoms. The van der Waals surface area contributed by atoms with Crippen LogP contribution in [0, 0.1) is 0 Å². The maximum absolute atomic E-state index is 13.2. The number of sulfonamides is 1. The number of carbonyl (C=O) groups is 1. The predicted octanol–water partition coefficient (Wildman–Crippen LogP) is 5.02. The standard InChI is InChI=1S/C23H22F3N3O4S2/c1-33-17-9-5-15(6-10-17)19-14-34-22(27-19)28-21(30)20-4-2-3-13-29(20)35(31,32)18-11-7-16(8-12-18)23(24,25)26/h5-12,14,20H,2-4,13H2,1H3,(H,27,28,30)/t20-/m1/s1. The Morgan fingerprint density at radius 2 is 1.80 bits per heavy atom. The van der Waals surface area contributed by atoms with Crippen molar-refractivity contribution in [2.24, 2.45) is 0 Å². The number of nitrogens with zero attached hydrogens (tertiary/aromatic N) is 2. The summed E-state index contributed by atoms with van der Waals surface area (Å²) in [5, 5.41) is 4.79. The highest BCUT2D eigenvalue weighted by molar-refractivity contribution is 7.89. The van der Waals surface area contributed by atoms with E-state index in [2.05, 4.69) is 10.3 Å². The zero-order valence-corrected chi connectivity index (χ0v) is 20.2. The molecule has 0 bridgehead atoms. The normalized spacial score (nSPS) is 17.2. The second kappa shape index (κ2) is 9.96. The smallest absolute Gasteiger partial charge is 0.416 e. The van der Waals surface area contributed by atoms with Crippen LogP contribution < -0.4 is 10.1 Å². The van der Waals surface area contributed by atoms with Crippen molar-refractivity contribution in [1.29, 1.82) is 0 Å². The minimum absolute atomic E-state index is 0.0937. The fourth-order valence-electron chi connectivity index (χ4n) is 3.82. The minimum atomic E-state index is -4.58. The second-order valence-corrected chi connectivity index (χ2v) is 10.7. The third-order valence-corrected chi connectivity index (χ3v) is 8.34. The van der Waals surface area contributed by atoms with Gasteiger partial charge in [0.05, 0.1) is 23.3 Å². The molecule has 0 aliphatic carbocycles. The number of methoxy groups -OCH3 is 1. The van der Waals surface area contributed by atoms with E-state index >= 15 is 0 Å². The number of anilines is 1. The van der Waals surface area contributed by atoms with Crippen molar-refractivity contribution in [2.75, 3.05) is 19.0 Å². The lowest BCUT2D eigenvalue weighted by Gasteiger charge is -2.33. The number of benzene rings is 2. The molecule has 1 atom stereocenters. The van der Waals surface area contributed by atoms with E-state index in [1.54, 1.807) is 24.6 Å². The average molecular weight is 526 g/mol. The molecule has 1 aliphatic rings. The van der Waals surface area contributed by atoms with E-state index in [0.717, 1.165) is 34.1 Å². The van der Waals surface area contributed by atoms with Gasteiger partial charge < -0.3 is 10.1 Å². The molecule has 35 heavy (non-hydrogen) atoms. The van der Waals surface area contributed by atoms with Crippen LogP contribution in [0.5, 0.6) is 5.75 Å². The largest absolute Gasteiger partial charge is 0.497 e. The van der Waals surface area contributed by atoms with Gasteiger partial charge in [-0.1, -0.05) is 6.42 Å². The third-order valence-electron chi connectivity index (χ3n) is 5.66. The number of aromatic nitrogens is 1. The van der Waals surface area contributed by atoms with Gasteiger partial charge in [0.15, 0.2) is 5.13 Å². The highest BCUT2D eigenvalue weighted by Crippen LogP contribution is 2.32. The lowest BCUT2D eigenvalue weighted by Crippen LogP contribution is -2.49. The second-order valence-electron chi connectivity index (χ2n) is 7.91. The highest BCUT2D eigenvalue weighted by Gasteiger charge is 2.38. The van der Waals surface area contributed by atoms with Crippen molar-refractivity contribution in [1.82, 2.24) is 9.29 Å². The van der Waals surface area contributed by atoms with Crippen LogP contribution in [-0.2, 0) is 21.0 Å². The number of ether oxygens (including phenoxy) is 1. The number of alkyl halides is 3. The summed E-state index contributed by atoms with van der Waals surface area (Å²) >= 11 is 1.21. The Kier molecular flexibility index (Phi) is 7.15. The number of hydrogen-bond acceptors (Lipinski definition) is 6. The van der Waals surface area contributed by atoms with Crippen LogP contribution in [0.4, 0.5) is 18.3 Å². The summed E-state index contributed by atoms with van der Waals surface area (Å²) in [6.07, 6.45) is -3.09. The number of thiazole rings is 1. The monoisotopic (exact) mass is 525 g/mol. The molecule has 0 saturated carbocycles. The van der Waals surface area contributed by atoms with Gasteiger partial charge in [-0.2, -0.15) is 17.5 Å². The molecule has 12 heteroatoms. The van der Waals surface area contributed by atoms with Crippen molar-refractivity contribution in [3.05, 3.63) is 59.5 Å². The van der Waals surface area contributed by atoms with Crippen molar-refractivity contribution >= 4 is 32.4 Å². The third kappa shape index (κ3) is 5.49. The Balaban J connectivity index is 1.51. The van der Waals surface area contributed by atoms with Gasteiger partial charge in [0.2, 0.25) is 15.9 Å². The summed E-state index contributed by atoms with van der Waals surface area (Å²) in [6.45, 7) is 0.0937. The highest BCUT2D eigenvalue weighted by atomic mass is 32.2. The number of rotatable bonds is 6. The molecule has 2 aromatic carbocycles. The fraction of sp³-hybridized carbons (Fsp3) is 0.304. The lowest BCUT2D eigenvalue weighted by atomic mass is 10.0. The number of amides is 1. The molecule has 1 fully saturated rings. The molecule has 7 nitrogen and oxygen atoms in total. The number of hydrogen-bond donors (Lipinski definition) is 1. The van der Waals surface area contributed by atoms with E-state index < -0.39 is 33.7 Å². The molecule has 2 heterocycles. The van der Waals surface area contributed by atoms with Gasteiger partial charge in [-0.15, -0.1) is 11.3 Å². The quantitative estimate of drug-likeness (QED) is 0.488. The molecule has 1 amide bonds. The van der Waals surface area contributed by atoms with Gasteiger partial charge in [0.1, 0.15) is 11.8 Å². The Bertz CT molecular complexity index is 1290. The van der Waals surface area contributed by atoms with E-state index in [9.17, 15) is 26.4 Å². The molecule has 3 aromatic rings. The number of carbonyl (C=O) groups excluding carboxylic acids is 1. The Labute approximate surface area is 204 Å². The Morgan fingerprint density at radius 3 is 2.43 bits per heavy atom. The maximum Gasteiger partial charge on any atom is 0.416 e. The van der Waals surface area contributed by atoms with E-state index in [-0.39, 0.29) is 11.4 Å². The van der Waals surface area contributed by atoms with Crippen molar-refractivity contribution in [3.8, 4) is 17.0 Å². The first-order valence-corrected chi connectivity index (χ1v) is 13.0. The van der Waals surface area contributed by atoms with Crippen LogP contribution in [0.1, 0.15) is 24.8 Å². The van der Waals surface area contributed by atoms with Crippen LogP contribution in [-0.4, -0.2) is 43.3 Å². The van der Waals surface area contributed by atoms with E-state index in [1.807, 2.05) is 12.1 Å². The van der Waals surface area contributed by atoms with Crippen molar-refractivity contribution in [3.63, 3.8) is 0 Å². The summed E-state index contributed by atoms with van der Waals surface area (Å²) in [6, 6.07) is 9.54. The molecule has 4 rings (SSSR count). The summed E-state index contributed by atoms with van der Waals surface area (Å²) in [5.41, 5.74) is 0.526. The zero-order valence-electron chi connectivity index (χ0n) is 18.6. The average Bonchev–Trinajstić information content (AvgIpc) is 3.32. The predicted molar refractivity (Wildman–Crippen MR) is 126 cm³/mol. The van der Waals surface area contributed by atoms with Crippen molar-refractivity contribution in [2.45, 2.75) is 36.4 Å². The fourth-order valence-corrected chi connectivity index (χ4v) is 6.20. The molecular formula is C23H22F3N3O4S2. The van der Waals surface area contributed by atoms with Gasteiger partial charge in [-0.3, -0.25) is 4.79 Å². The van der Waals surface area contributed by atoms with Gasteiger partial charge in [0.25, 0.3) is 0 Å². The zero-order chi connectivity index (χ0) is 25.2. The van der Waals surface area contributed by atoms with Crippen LogP contribution in [0.15, 0.2) is 58.8 Å². The molecular weight excluding hydrogens is 503 g/mol. The topological polar surface area (TPSA) is 88.6 Å². The van der Waals surface area contributed by atoms with Crippen LogP contribution >= 0.6 is 11.3 Å². The molecule has 1 aromatic heterocycles. The van der Waals surface area contributed by atoms with Crippen molar-refractivity contribution < 1.29 is 31.1 Å². The van der Waals surface area contributed by atoms with Crippen LogP contribution in [0.2, 0.25) is 0 Å². The summed E-state index contributed by atoms with van der Waals surface area (Å²) in [5.74, 6) is 0.167. The van der Waals surface area contributed by atoms with E-state index in [4.69, 9.17) is 4.74 Å². The van der Waals surface area contributed by atoms with Gasteiger partial charge in [-0.25, -0.2) is 13.4 Å². The SMILES string of the molecule is COc1ccc(-c2csc(NC(=O)[C@H]3CCCCN3S(=O)(=O)c3ccc(C(F)(F)F)cc3)n2)cc1. The number of piperidine rings is 1. The first-order chi connectivity index (χ1) is 16.6. The van der Waals surface area contributed by atoms with Gasteiger partial charge >= 0.3 is 6.18 Å². The van der Waals surface area contributed by atoms with Gasteiger partial charge in [0, 0.05) is 17.5 Å². The first-order valence-electron chi connectivity index (χ1n) is 10.7. The number of nitrogens with one attached hydrogen (secondary N) is 1. The van der Waals surface area contributed by atoms with Crippen LogP contribution in [0.3, 0.4) is 0 Å². The molecule has 0 unspecified atom stereocenters. The molecule has 1 aliphatic heterocycles. The summed E-state index contributed by atoms with van der Waals surface area (Å²) in [4.78, 5) is 17.2. The Hall–Kier alpha value is -2.96. The van der Waals surface area contributed by atoms with E-state index in [0.29, 0.717) is 35.8 Å². The molecule has 0 radical (unpaired) electrons. The lowest BCUT2D eigenvalue weighted by molar-refractivity contribution is -0.137. The molecule has 1 saturated heterocycles. The Morgan fingerprint density at radius 1 is 1.11 bits per heavy atom. The molecule has 186 valence electrons. The minimum Gasteiger partial charge on any atom is -0.497 e. The maximum atomic E-state index is 13.2. The first kappa shape index (κ1) is 25.1. The van der Waals surface area contributed by atoms with Crippen LogP contribution in [0.25, 0.3) is 11.3 Å². The molecule has 1 N–H and O–H groups in total. The summed E-state index contributed by atoms with van der Waals surface area (Å²) in [7, 11) is -2.61.